The molecule has 0 fully saturated rings. The van der Waals surface area contributed by atoms with Gasteiger partial charge < -0.3 is 15.2 Å². The number of para-hydroxylation sites is 1. The Hall–Kier alpha value is -3.81. The molecule has 0 saturated carbocycles. The number of aromatic nitrogens is 5. The van der Waals surface area contributed by atoms with Gasteiger partial charge in [-0.1, -0.05) is 18.2 Å². The minimum Gasteiger partial charge on any atom is -0.363 e. The predicted octanol–water partition coefficient (Wildman–Crippen LogP) is 2.84. The van der Waals surface area contributed by atoms with Crippen molar-refractivity contribution in [3.63, 3.8) is 0 Å². The van der Waals surface area contributed by atoms with Crippen molar-refractivity contribution in [2.24, 2.45) is 0 Å². The number of H-pyrrole nitrogens is 1. The van der Waals surface area contributed by atoms with Crippen LogP contribution in [0.25, 0.3) is 10.9 Å². The Kier molecular flexibility index (Phi) is 5.38. The third kappa shape index (κ3) is 4.12. The average molecular weight is 401 g/mol. The first-order valence-electron chi connectivity index (χ1n) is 9.66. The summed E-state index contributed by atoms with van der Waals surface area (Å²) < 4.78 is 0. The van der Waals surface area contributed by atoms with Crippen LogP contribution in [-0.2, 0) is 6.42 Å². The molecule has 30 heavy (non-hydrogen) atoms. The van der Waals surface area contributed by atoms with Crippen LogP contribution in [0.15, 0.2) is 55.1 Å². The molecule has 0 aliphatic heterocycles. The molecule has 3 heterocycles. The van der Waals surface area contributed by atoms with Crippen molar-refractivity contribution in [2.45, 2.75) is 19.4 Å². The summed E-state index contributed by atoms with van der Waals surface area (Å²) in [5.41, 5.74) is 3.16. The normalized spacial score (nSPS) is 12.0. The molecule has 3 aromatic heterocycles. The topological polar surface area (TPSA) is 99.7 Å². The van der Waals surface area contributed by atoms with Gasteiger partial charge in [0.1, 0.15) is 17.3 Å². The molecule has 1 amide bonds. The predicted molar refractivity (Wildman–Crippen MR) is 115 cm³/mol. The number of aryl methyl sites for hydroxylation is 1. The van der Waals surface area contributed by atoms with Gasteiger partial charge in [0, 0.05) is 56.1 Å². The molecular formula is C22H23N7O. The highest BCUT2D eigenvalue weighted by molar-refractivity contribution is 5.92. The molecule has 1 aromatic carbocycles. The van der Waals surface area contributed by atoms with E-state index in [2.05, 4.69) is 36.3 Å². The van der Waals surface area contributed by atoms with Crippen molar-refractivity contribution in [1.82, 2.24) is 30.2 Å². The summed E-state index contributed by atoms with van der Waals surface area (Å²) in [4.78, 5) is 35.3. The smallest absolute Gasteiger partial charge is 0.272 e. The first kappa shape index (κ1) is 19.5. The molecule has 0 aliphatic carbocycles. The zero-order valence-corrected chi connectivity index (χ0v) is 17.1. The van der Waals surface area contributed by atoms with Gasteiger partial charge in [0.2, 0.25) is 0 Å². The Morgan fingerprint density at radius 2 is 2.03 bits per heavy atom. The van der Waals surface area contributed by atoms with Crippen molar-refractivity contribution >= 4 is 22.6 Å². The van der Waals surface area contributed by atoms with E-state index < -0.39 is 0 Å². The fraction of sp³-hybridized carbons (Fsp3) is 0.227. The monoisotopic (exact) mass is 401 g/mol. The fourth-order valence-corrected chi connectivity index (χ4v) is 3.38. The minimum absolute atomic E-state index is 0.264. The van der Waals surface area contributed by atoms with Gasteiger partial charge in [0.15, 0.2) is 0 Å². The molecule has 0 radical (unpaired) electrons. The largest absolute Gasteiger partial charge is 0.363 e. The van der Waals surface area contributed by atoms with E-state index in [4.69, 9.17) is 0 Å². The summed E-state index contributed by atoms with van der Waals surface area (Å²) in [5.74, 6) is 1.14. The molecule has 0 spiro atoms. The van der Waals surface area contributed by atoms with Crippen LogP contribution >= 0.6 is 0 Å². The molecule has 8 heteroatoms. The number of aromatic amines is 1. The fourth-order valence-electron chi connectivity index (χ4n) is 3.38. The number of rotatable bonds is 6. The maximum absolute atomic E-state index is 12.8. The van der Waals surface area contributed by atoms with Gasteiger partial charge in [-0.15, -0.1) is 0 Å². The van der Waals surface area contributed by atoms with E-state index in [0.29, 0.717) is 12.2 Å². The maximum atomic E-state index is 12.8. The second-order valence-electron chi connectivity index (χ2n) is 7.27. The number of carbonyl (C=O) groups is 1. The number of amides is 1. The number of benzene rings is 1. The minimum atomic E-state index is -0.362. The summed E-state index contributed by atoms with van der Waals surface area (Å²) in [6.07, 6.45) is 7.04. The summed E-state index contributed by atoms with van der Waals surface area (Å²) in [5, 5.41) is 4.20. The number of anilines is 1. The van der Waals surface area contributed by atoms with E-state index in [0.717, 1.165) is 28.0 Å². The molecule has 8 nitrogen and oxygen atoms in total. The Morgan fingerprint density at radius 3 is 2.80 bits per heavy atom. The van der Waals surface area contributed by atoms with Gasteiger partial charge in [0.25, 0.3) is 5.91 Å². The Balaban J connectivity index is 1.72. The summed E-state index contributed by atoms with van der Waals surface area (Å²) in [7, 11) is 3.86. The average Bonchev–Trinajstić information content (AvgIpc) is 3.16. The molecular weight excluding hydrogens is 378 g/mol. The zero-order valence-electron chi connectivity index (χ0n) is 17.1. The van der Waals surface area contributed by atoms with Crippen LogP contribution in [0.4, 0.5) is 5.82 Å². The second-order valence-corrected chi connectivity index (χ2v) is 7.27. The van der Waals surface area contributed by atoms with Gasteiger partial charge in [-0.2, -0.15) is 0 Å². The Labute approximate surface area is 174 Å². The van der Waals surface area contributed by atoms with Gasteiger partial charge in [0.05, 0.1) is 17.9 Å². The van der Waals surface area contributed by atoms with Gasteiger partial charge in [-0.3, -0.25) is 9.78 Å². The van der Waals surface area contributed by atoms with Crippen molar-refractivity contribution < 1.29 is 4.79 Å². The third-order valence-electron chi connectivity index (χ3n) is 4.86. The van der Waals surface area contributed by atoms with Crippen molar-refractivity contribution in [1.29, 1.82) is 0 Å². The lowest BCUT2D eigenvalue weighted by atomic mass is 10.0. The van der Waals surface area contributed by atoms with Gasteiger partial charge >= 0.3 is 0 Å². The summed E-state index contributed by atoms with van der Waals surface area (Å²) in [6.45, 7) is 1.85. The quantitative estimate of drug-likeness (QED) is 0.515. The molecule has 0 aliphatic rings. The van der Waals surface area contributed by atoms with Crippen LogP contribution < -0.4 is 10.2 Å². The van der Waals surface area contributed by atoms with Crippen LogP contribution in [0.3, 0.4) is 0 Å². The standard InChI is InChI=1S/C22H23N7O/c1-14-26-19(11-21(27-14)29(2)3)18(28-22(30)20-13-23-8-9-24-20)10-15-12-25-17-7-5-4-6-16(15)17/h4-9,11-13,18,25H,10H2,1-3H3,(H,28,30)/t18-/m1/s1. The molecule has 4 rings (SSSR count). The van der Waals surface area contributed by atoms with Crippen molar-refractivity contribution in [3.05, 3.63) is 77.9 Å². The van der Waals surface area contributed by atoms with E-state index in [1.165, 1.54) is 18.6 Å². The van der Waals surface area contributed by atoms with E-state index in [-0.39, 0.29) is 17.6 Å². The van der Waals surface area contributed by atoms with Crippen LogP contribution in [0.2, 0.25) is 0 Å². The van der Waals surface area contributed by atoms with Crippen molar-refractivity contribution in [2.75, 3.05) is 19.0 Å². The number of nitrogens with one attached hydrogen (secondary N) is 2. The number of fused-ring (bicyclic) bond motifs is 1. The van der Waals surface area contributed by atoms with Crippen LogP contribution in [-0.4, -0.2) is 44.9 Å². The molecule has 2 N–H and O–H groups in total. The first-order chi connectivity index (χ1) is 14.5. The number of hydrogen-bond acceptors (Lipinski definition) is 6. The van der Waals surface area contributed by atoms with Crippen LogP contribution in [0.1, 0.15) is 33.6 Å². The summed E-state index contributed by atoms with van der Waals surface area (Å²) >= 11 is 0. The molecule has 0 unspecified atom stereocenters. The number of hydrogen-bond donors (Lipinski definition) is 2. The highest BCUT2D eigenvalue weighted by atomic mass is 16.1. The van der Waals surface area contributed by atoms with Crippen LogP contribution in [0, 0.1) is 6.92 Å². The molecule has 4 aromatic rings. The molecule has 152 valence electrons. The Morgan fingerprint density at radius 1 is 1.20 bits per heavy atom. The molecule has 0 bridgehead atoms. The van der Waals surface area contributed by atoms with E-state index in [1.807, 2.05) is 56.4 Å². The molecule has 0 saturated heterocycles. The first-order valence-corrected chi connectivity index (χ1v) is 9.66. The van der Waals surface area contributed by atoms with Crippen molar-refractivity contribution in [3.8, 4) is 0 Å². The number of carbonyl (C=O) groups excluding carboxylic acids is 1. The maximum Gasteiger partial charge on any atom is 0.272 e. The second kappa shape index (κ2) is 8.28. The van der Waals surface area contributed by atoms with Gasteiger partial charge in [-0.25, -0.2) is 15.0 Å². The lowest BCUT2D eigenvalue weighted by molar-refractivity contribution is 0.0930. The highest BCUT2D eigenvalue weighted by Crippen LogP contribution is 2.25. The van der Waals surface area contributed by atoms with Gasteiger partial charge in [-0.05, 0) is 18.6 Å². The summed E-state index contributed by atoms with van der Waals surface area (Å²) in [6, 6.07) is 9.64. The lowest BCUT2D eigenvalue weighted by Gasteiger charge is -2.20. The number of nitrogens with zero attached hydrogens (tertiary/aromatic N) is 5. The van der Waals surface area contributed by atoms with Crippen LogP contribution in [0.5, 0.6) is 0 Å². The highest BCUT2D eigenvalue weighted by Gasteiger charge is 2.21. The SMILES string of the molecule is Cc1nc([C@@H](Cc2c[nH]c3ccccc23)NC(=O)c2cnccn2)cc(N(C)C)n1. The van der Waals surface area contributed by atoms with E-state index in [1.54, 1.807) is 0 Å². The lowest BCUT2D eigenvalue weighted by Crippen LogP contribution is -2.31. The third-order valence-corrected chi connectivity index (χ3v) is 4.86. The van der Waals surface area contributed by atoms with E-state index >= 15 is 0 Å². The molecule has 1 atom stereocenters. The zero-order chi connectivity index (χ0) is 21.1. The van der Waals surface area contributed by atoms with E-state index in [9.17, 15) is 4.79 Å². The Bertz CT molecular complexity index is 1170.